The van der Waals surface area contributed by atoms with Gasteiger partial charge in [-0.2, -0.15) is 23.4 Å². The monoisotopic (exact) mass is 468 g/mol. The molecule has 1 atom stereocenters. The number of hydrazone groups is 1. The molecule has 166 valence electrons. The number of nitrogens with one attached hydrogen (secondary N) is 2. The molecule has 0 saturated heterocycles. The summed E-state index contributed by atoms with van der Waals surface area (Å²) in [6.07, 6.45) is 2.52. The fraction of sp³-hybridized carbons (Fsp3) is 0.0870. The molecule has 2 aliphatic heterocycles. The summed E-state index contributed by atoms with van der Waals surface area (Å²) in [6.45, 7) is 0. The van der Waals surface area contributed by atoms with E-state index in [2.05, 4.69) is 25.8 Å². The standard InChI is InChI=1S/C23H16ClF3N6/c24-16-8-6-14(7-9-16)21-20(19-5-2-11-29-33(19)32-21)18-10-12-28-22(31-18)30-17-4-1-3-15(13-17)23(25,26)27/h1-13,21,32H,(H,28,30,31). The van der Waals surface area contributed by atoms with Crippen LogP contribution in [0.2, 0.25) is 5.02 Å². The zero-order valence-electron chi connectivity index (χ0n) is 16.9. The van der Waals surface area contributed by atoms with Gasteiger partial charge in [-0.05, 0) is 54.1 Å². The highest BCUT2D eigenvalue weighted by molar-refractivity contribution is 6.30. The van der Waals surface area contributed by atoms with Crippen molar-refractivity contribution in [3.8, 4) is 0 Å². The average Bonchev–Trinajstić information content (AvgIpc) is 3.19. The molecule has 0 fully saturated rings. The maximum Gasteiger partial charge on any atom is 0.416 e. The lowest BCUT2D eigenvalue weighted by molar-refractivity contribution is -0.137. The highest BCUT2D eigenvalue weighted by Gasteiger charge is 2.34. The number of nitrogens with zero attached hydrogens (tertiary/aromatic N) is 4. The van der Waals surface area contributed by atoms with E-state index in [0.717, 1.165) is 29.0 Å². The van der Waals surface area contributed by atoms with Crippen molar-refractivity contribution in [1.29, 1.82) is 0 Å². The van der Waals surface area contributed by atoms with Crippen molar-refractivity contribution in [1.82, 2.24) is 20.5 Å². The van der Waals surface area contributed by atoms with E-state index in [-0.39, 0.29) is 17.7 Å². The van der Waals surface area contributed by atoms with Gasteiger partial charge in [0.1, 0.15) is 0 Å². The van der Waals surface area contributed by atoms with Crippen molar-refractivity contribution < 1.29 is 13.2 Å². The SMILES string of the molecule is FC(F)(F)c1cccc(Nc2nccc(C3=C4C=CC=NN4NC3c3ccc(Cl)cc3)n2)c1. The first kappa shape index (κ1) is 21.2. The Morgan fingerprint density at radius 1 is 1.06 bits per heavy atom. The Morgan fingerprint density at radius 3 is 2.67 bits per heavy atom. The maximum atomic E-state index is 13.1. The van der Waals surface area contributed by atoms with Crippen LogP contribution >= 0.6 is 11.6 Å². The van der Waals surface area contributed by atoms with Crippen LogP contribution in [0.25, 0.3) is 5.57 Å². The average molecular weight is 469 g/mol. The van der Waals surface area contributed by atoms with E-state index in [0.29, 0.717) is 10.7 Å². The van der Waals surface area contributed by atoms with E-state index in [4.69, 9.17) is 11.6 Å². The quantitative estimate of drug-likeness (QED) is 0.512. The molecule has 1 aromatic heterocycles. The molecule has 0 aliphatic carbocycles. The van der Waals surface area contributed by atoms with Crippen LogP contribution in [0, 0.1) is 0 Å². The van der Waals surface area contributed by atoms with Gasteiger partial charge in [-0.1, -0.05) is 29.8 Å². The summed E-state index contributed by atoms with van der Waals surface area (Å²) in [5, 5.41) is 9.50. The van der Waals surface area contributed by atoms with Gasteiger partial charge in [0, 0.05) is 28.7 Å². The second kappa shape index (κ2) is 8.34. The number of rotatable bonds is 4. The molecule has 3 aromatic rings. The maximum absolute atomic E-state index is 13.1. The van der Waals surface area contributed by atoms with Gasteiger partial charge in [0.05, 0.1) is 23.0 Å². The van der Waals surface area contributed by atoms with Crippen LogP contribution in [-0.2, 0) is 6.18 Å². The number of hydrogen-bond acceptors (Lipinski definition) is 6. The number of alkyl halides is 3. The van der Waals surface area contributed by atoms with E-state index >= 15 is 0 Å². The summed E-state index contributed by atoms with van der Waals surface area (Å²) >= 11 is 6.05. The highest BCUT2D eigenvalue weighted by Crippen LogP contribution is 2.40. The third-order valence-electron chi connectivity index (χ3n) is 5.15. The van der Waals surface area contributed by atoms with Crippen molar-refractivity contribution in [2.24, 2.45) is 5.10 Å². The minimum Gasteiger partial charge on any atom is -0.324 e. The van der Waals surface area contributed by atoms with Crippen LogP contribution in [0.3, 0.4) is 0 Å². The van der Waals surface area contributed by atoms with Gasteiger partial charge in [0.25, 0.3) is 0 Å². The largest absolute Gasteiger partial charge is 0.416 e. The van der Waals surface area contributed by atoms with Crippen molar-refractivity contribution in [2.75, 3.05) is 5.32 Å². The van der Waals surface area contributed by atoms with Gasteiger partial charge >= 0.3 is 6.18 Å². The second-order valence-electron chi connectivity index (χ2n) is 7.32. The van der Waals surface area contributed by atoms with E-state index < -0.39 is 11.7 Å². The van der Waals surface area contributed by atoms with Crippen LogP contribution < -0.4 is 10.7 Å². The molecule has 2 N–H and O–H groups in total. The topological polar surface area (TPSA) is 65.4 Å². The zero-order valence-corrected chi connectivity index (χ0v) is 17.6. The molecule has 0 spiro atoms. The molecule has 0 radical (unpaired) electrons. The molecule has 33 heavy (non-hydrogen) atoms. The molecule has 5 rings (SSSR count). The number of aromatic nitrogens is 2. The number of allylic oxidation sites excluding steroid dienone is 2. The number of halogens is 4. The first-order chi connectivity index (χ1) is 15.9. The van der Waals surface area contributed by atoms with Crippen LogP contribution in [0.5, 0.6) is 0 Å². The molecule has 0 amide bonds. The van der Waals surface area contributed by atoms with Crippen LogP contribution in [0.1, 0.15) is 22.9 Å². The van der Waals surface area contributed by atoms with Gasteiger partial charge in [-0.3, -0.25) is 0 Å². The molecule has 6 nitrogen and oxygen atoms in total. The lowest BCUT2D eigenvalue weighted by atomic mass is 9.96. The minimum absolute atomic E-state index is 0.177. The van der Waals surface area contributed by atoms with E-state index in [1.54, 1.807) is 35.7 Å². The molecule has 0 saturated carbocycles. The highest BCUT2D eigenvalue weighted by atomic mass is 35.5. The summed E-state index contributed by atoms with van der Waals surface area (Å²) in [5.41, 5.74) is 6.02. The van der Waals surface area contributed by atoms with Gasteiger partial charge in [-0.15, -0.1) is 0 Å². The zero-order chi connectivity index (χ0) is 23.0. The molecule has 10 heteroatoms. The van der Waals surface area contributed by atoms with Crippen molar-refractivity contribution in [2.45, 2.75) is 12.2 Å². The molecule has 2 aliphatic rings. The van der Waals surface area contributed by atoms with Crippen molar-refractivity contribution >= 4 is 35.0 Å². The minimum atomic E-state index is -4.44. The van der Waals surface area contributed by atoms with Crippen LogP contribution in [-0.4, -0.2) is 21.3 Å². The lowest BCUT2D eigenvalue weighted by Crippen LogP contribution is -2.29. The van der Waals surface area contributed by atoms with Gasteiger partial charge in [0.2, 0.25) is 5.95 Å². The van der Waals surface area contributed by atoms with E-state index in [9.17, 15) is 13.2 Å². The first-order valence-corrected chi connectivity index (χ1v) is 10.3. The van der Waals surface area contributed by atoms with Gasteiger partial charge in [0.15, 0.2) is 0 Å². The number of fused-ring (bicyclic) bond motifs is 1. The Balaban J connectivity index is 1.51. The predicted octanol–water partition coefficient (Wildman–Crippen LogP) is 5.72. The predicted molar refractivity (Wildman–Crippen MR) is 120 cm³/mol. The Morgan fingerprint density at radius 2 is 1.88 bits per heavy atom. The van der Waals surface area contributed by atoms with Crippen molar-refractivity contribution in [3.05, 3.63) is 100 Å². The molecular formula is C23H16ClF3N6. The van der Waals surface area contributed by atoms with Crippen molar-refractivity contribution in [3.63, 3.8) is 0 Å². The number of anilines is 2. The van der Waals surface area contributed by atoms with E-state index in [1.165, 1.54) is 12.1 Å². The van der Waals surface area contributed by atoms with Gasteiger partial charge in [-0.25, -0.2) is 15.4 Å². The fourth-order valence-electron chi connectivity index (χ4n) is 3.66. The molecule has 1 unspecified atom stereocenters. The van der Waals surface area contributed by atoms with E-state index in [1.807, 2.05) is 24.3 Å². The summed E-state index contributed by atoms with van der Waals surface area (Å²) in [5.74, 6) is 0.177. The summed E-state index contributed by atoms with van der Waals surface area (Å²) in [4.78, 5) is 8.77. The Bertz CT molecular complexity index is 1280. The fourth-order valence-corrected chi connectivity index (χ4v) is 3.79. The lowest BCUT2D eigenvalue weighted by Gasteiger charge is -2.18. The normalized spacial score (nSPS) is 17.5. The van der Waals surface area contributed by atoms with Crippen LogP contribution in [0.15, 0.2) is 83.7 Å². The number of hydrogen-bond donors (Lipinski definition) is 2. The molecular weight excluding hydrogens is 453 g/mol. The summed E-state index contributed by atoms with van der Waals surface area (Å²) in [6, 6.07) is 13.8. The second-order valence-corrected chi connectivity index (χ2v) is 7.75. The summed E-state index contributed by atoms with van der Waals surface area (Å²) < 4.78 is 39.2. The van der Waals surface area contributed by atoms with Gasteiger partial charge < -0.3 is 5.32 Å². The van der Waals surface area contributed by atoms with Crippen LogP contribution in [0.4, 0.5) is 24.8 Å². The molecule has 2 aromatic carbocycles. The Kier molecular flexibility index (Phi) is 5.35. The Labute approximate surface area is 192 Å². The summed E-state index contributed by atoms with van der Waals surface area (Å²) in [7, 11) is 0. The number of hydrazine groups is 1. The number of benzene rings is 2. The molecule has 3 heterocycles. The third kappa shape index (κ3) is 4.33. The molecule has 0 bridgehead atoms. The third-order valence-corrected chi connectivity index (χ3v) is 5.40. The first-order valence-electron chi connectivity index (χ1n) is 9.93. The smallest absolute Gasteiger partial charge is 0.324 e. The Hall–Kier alpha value is -3.69.